The molecule has 0 fully saturated rings. The number of para-hydroxylation sites is 1. The standard InChI is InChI=1S/C15H8F3NO/c16-15(17,18)10-7-5-9(6-8-10)13-11-3-1-2-4-12(11)19-14(13)20/h1-8H. The Kier molecular flexibility index (Phi) is 2.71. The summed E-state index contributed by atoms with van der Waals surface area (Å²) in [6.07, 6.45) is -4.38. The first-order valence-electron chi connectivity index (χ1n) is 5.87. The van der Waals surface area contributed by atoms with Crippen LogP contribution in [-0.4, -0.2) is 5.91 Å². The van der Waals surface area contributed by atoms with Crippen LogP contribution in [0.1, 0.15) is 11.1 Å². The lowest BCUT2D eigenvalue weighted by Crippen LogP contribution is -2.22. The number of nitrogens with zero attached hydrogens (tertiary/aromatic N) is 1. The van der Waals surface area contributed by atoms with E-state index in [-0.39, 0.29) is 0 Å². The fourth-order valence-electron chi connectivity index (χ4n) is 2.17. The Bertz CT molecular complexity index is 804. The second kappa shape index (κ2) is 4.30. The first kappa shape index (κ1) is 12.6. The van der Waals surface area contributed by atoms with Crippen LogP contribution in [0.3, 0.4) is 0 Å². The number of carbonyl (C=O) groups is 1. The molecule has 2 aromatic carbocycles. The van der Waals surface area contributed by atoms with Crippen molar-refractivity contribution >= 4 is 11.5 Å². The number of alkyl halides is 3. The topological polar surface area (TPSA) is 29.4 Å². The summed E-state index contributed by atoms with van der Waals surface area (Å²) in [7, 11) is 0. The highest BCUT2D eigenvalue weighted by atomic mass is 19.4. The van der Waals surface area contributed by atoms with Gasteiger partial charge in [0.25, 0.3) is 5.91 Å². The zero-order chi connectivity index (χ0) is 14.3. The number of hydrogen-bond acceptors (Lipinski definition) is 1. The Morgan fingerprint density at radius 1 is 0.900 bits per heavy atom. The maximum Gasteiger partial charge on any atom is 0.416 e. The molecule has 100 valence electrons. The maximum absolute atomic E-state index is 12.5. The average molecular weight is 275 g/mol. The third kappa shape index (κ3) is 2.01. The van der Waals surface area contributed by atoms with Gasteiger partial charge in [0.05, 0.1) is 16.5 Å². The first-order valence-corrected chi connectivity index (χ1v) is 5.87. The lowest BCUT2D eigenvalue weighted by Gasteiger charge is -2.07. The van der Waals surface area contributed by atoms with Crippen LogP contribution in [0.2, 0.25) is 0 Å². The van der Waals surface area contributed by atoms with Crippen LogP contribution in [0, 0.1) is 0 Å². The summed E-state index contributed by atoms with van der Waals surface area (Å²) in [5.41, 5.74) is 0.0449. The first-order chi connectivity index (χ1) is 9.47. The zero-order valence-corrected chi connectivity index (χ0v) is 10.1. The number of hydrogen-bond donors (Lipinski definition) is 0. The number of halogens is 3. The van der Waals surface area contributed by atoms with Crippen LogP contribution in [0.4, 0.5) is 13.2 Å². The largest absolute Gasteiger partial charge is 0.416 e. The van der Waals surface area contributed by atoms with Crippen molar-refractivity contribution in [1.29, 1.82) is 0 Å². The van der Waals surface area contributed by atoms with Gasteiger partial charge in [-0.05, 0) is 23.8 Å². The van der Waals surface area contributed by atoms with E-state index in [4.69, 9.17) is 0 Å². The van der Waals surface area contributed by atoms with Crippen LogP contribution < -0.4 is 10.6 Å². The van der Waals surface area contributed by atoms with Crippen LogP contribution in [0.15, 0.2) is 53.5 Å². The number of fused-ring (bicyclic) bond motifs is 1. The third-order valence-electron chi connectivity index (χ3n) is 3.11. The Morgan fingerprint density at radius 3 is 2.20 bits per heavy atom. The average Bonchev–Trinajstić information content (AvgIpc) is 2.73. The molecule has 0 spiro atoms. The van der Waals surface area contributed by atoms with Crippen molar-refractivity contribution in [1.82, 2.24) is 0 Å². The van der Waals surface area contributed by atoms with Gasteiger partial charge in [-0.15, -0.1) is 0 Å². The van der Waals surface area contributed by atoms with E-state index in [1.54, 1.807) is 24.3 Å². The zero-order valence-electron chi connectivity index (χ0n) is 10.1. The van der Waals surface area contributed by atoms with Crippen LogP contribution >= 0.6 is 0 Å². The van der Waals surface area contributed by atoms with E-state index in [9.17, 15) is 18.0 Å². The van der Waals surface area contributed by atoms with E-state index in [0.29, 0.717) is 21.7 Å². The fourth-order valence-corrected chi connectivity index (χ4v) is 2.17. The van der Waals surface area contributed by atoms with Gasteiger partial charge in [-0.2, -0.15) is 13.2 Å². The number of benzene rings is 2. The predicted molar refractivity (Wildman–Crippen MR) is 66.2 cm³/mol. The lowest BCUT2D eigenvalue weighted by atomic mass is 10.0. The van der Waals surface area contributed by atoms with Crippen molar-refractivity contribution in [3.63, 3.8) is 0 Å². The molecule has 0 atom stereocenters. The second-order valence-corrected chi connectivity index (χ2v) is 4.38. The molecule has 1 aliphatic heterocycles. The van der Waals surface area contributed by atoms with Crippen molar-refractivity contribution in [3.8, 4) is 0 Å². The molecule has 0 N–H and O–H groups in total. The van der Waals surface area contributed by atoms with E-state index in [0.717, 1.165) is 12.1 Å². The van der Waals surface area contributed by atoms with Gasteiger partial charge in [-0.25, -0.2) is 4.99 Å². The molecule has 0 saturated carbocycles. The van der Waals surface area contributed by atoms with E-state index in [2.05, 4.69) is 4.99 Å². The summed E-state index contributed by atoms with van der Waals surface area (Å²) in [5.74, 6) is -0.425. The van der Waals surface area contributed by atoms with Crippen molar-refractivity contribution in [2.75, 3.05) is 0 Å². The molecule has 2 aromatic rings. The van der Waals surface area contributed by atoms with Crippen molar-refractivity contribution < 1.29 is 18.0 Å². The van der Waals surface area contributed by atoms with Gasteiger partial charge in [0.1, 0.15) is 0 Å². The molecular formula is C15H8F3NO. The van der Waals surface area contributed by atoms with Crippen LogP contribution in [-0.2, 0) is 11.0 Å². The molecular weight excluding hydrogens is 267 g/mol. The lowest BCUT2D eigenvalue weighted by molar-refractivity contribution is -0.137. The summed E-state index contributed by atoms with van der Waals surface area (Å²) >= 11 is 0. The smallest absolute Gasteiger partial charge is 0.267 e. The third-order valence-corrected chi connectivity index (χ3v) is 3.11. The van der Waals surface area contributed by atoms with E-state index in [1.807, 2.05) is 0 Å². The highest BCUT2D eigenvalue weighted by Gasteiger charge is 2.30. The molecule has 1 amide bonds. The SMILES string of the molecule is O=C1N=c2ccccc2=C1c1ccc(C(F)(F)F)cc1. The molecule has 0 aliphatic carbocycles. The molecule has 5 heteroatoms. The van der Waals surface area contributed by atoms with Gasteiger partial charge < -0.3 is 0 Å². The molecule has 0 unspecified atom stereocenters. The van der Waals surface area contributed by atoms with Crippen LogP contribution in [0.5, 0.6) is 0 Å². The van der Waals surface area contributed by atoms with Crippen molar-refractivity contribution in [2.45, 2.75) is 6.18 Å². The van der Waals surface area contributed by atoms with E-state index >= 15 is 0 Å². The number of amides is 1. The van der Waals surface area contributed by atoms with Gasteiger partial charge in [0.15, 0.2) is 0 Å². The molecule has 1 heterocycles. The number of rotatable bonds is 1. The summed E-state index contributed by atoms with van der Waals surface area (Å²) in [6, 6.07) is 11.5. The van der Waals surface area contributed by atoms with Gasteiger partial charge in [-0.3, -0.25) is 4.79 Å². The second-order valence-electron chi connectivity index (χ2n) is 4.38. The quantitative estimate of drug-likeness (QED) is 0.783. The fraction of sp³-hybridized carbons (Fsp3) is 0.0667. The van der Waals surface area contributed by atoms with Crippen molar-refractivity contribution in [3.05, 3.63) is 70.2 Å². The Hall–Kier alpha value is -2.43. The minimum Gasteiger partial charge on any atom is -0.267 e. The Morgan fingerprint density at radius 2 is 1.55 bits per heavy atom. The summed E-state index contributed by atoms with van der Waals surface area (Å²) in [4.78, 5) is 15.8. The molecule has 0 radical (unpaired) electrons. The van der Waals surface area contributed by atoms with E-state index in [1.165, 1.54) is 12.1 Å². The normalized spacial score (nSPS) is 14.2. The number of carbonyl (C=O) groups excluding carboxylic acids is 1. The highest BCUT2D eigenvalue weighted by Crippen LogP contribution is 2.30. The molecule has 0 saturated heterocycles. The van der Waals surface area contributed by atoms with Crippen LogP contribution in [0.25, 0.3) is 5.57 Å². The van der Waals surface area contributed by atoms with E-state index < -0.39 is 17.6 Å². The Balaban J connectivity index is 2.16. The van der Waals surface area contributed by atoms with Gasteiger partial charge in [0, 0.05) is 5.22 Å². The molecule has 3 rings (SSSR count). The monoisotopic (exact) mass is 275 g/mol. The van der Waals surface area contributed by atoms with Gasteiger partial charge in [0.2, 0.25) is 0 Å². The summed E-state index contributed by atoms with van der Waals surface area (Å²) in [6.45, 7) is 0. The highest BCUT2D eigenvalue weighted by molar-refractivity contribution is 6.20. The molecule has 0 aromatic heterocycles. The van der Waals surface area contributed by atoms with Gasteiger partial charge in [-0.1, -0.05) is 30.3 Å². The predicted octanol–water partition coefficient (Wildman–Crippen LogP) is 2.06. The molecule has 2 nitrogen and oxygen atoms in total. The maximum atomic E-state index is 12.5. The minimum absolute atomic E-state index is 0.342. The minimum atomic E-state index is -4.38. The Labute approximate surface area is 111 Å². The van der Waals surface area contributed by atoms with Gasteiger partial charge >= 0.3 is 6.18 Å². The summed E-state index contributed by atoms with van der Waals surface area (Å²) in [5, 5.41) is 1.20. The summed E-state index contributed by atoms with van der Waals surface area (Å²) < 4.78 is 37.6. The molecule has 1 aliphatic rings. The van der Waals surface area contributed by atoms with Crippen molar-refractivity contribution in [2.24, 2.45) is 4.99 Å². The molecule has 0 bridgehead atoms. The molecule has 20 heavy (non-hydrogen) atoms.